The molecular formula is C15H16N2. The van der Waals surface area contributed by atoms with E-state index in [9.17, 15) is 0 Å². The van der Waals surface area contributed by atoms with Crippen LogP contribution in [0.2, 0.25) is 0 Å². The van der Waals surface area contributed by atoms with Gasteiger partial charge in [-0.1, -0.05) is 30.3 Å². The highest BCUT2D eigenvalue weighted by molar-refractivity contribution is 5.92. The van der Waals surface area contributed by atoms with Crippen LogP contribution in [-0.2, 0) is 0 Å². The van der Waals surface area contributed by atoms with Gasteiger partial charge < -0.3 is 4.90 Å². The van der Waals surface area contributed by atoms with Crippen LogP contribution in [0.15, 0.2) is 42.6 Å². The Hall–Kier alpha value is -1.67. The van der Waals surface area contributed by atoms with Crippen LogP contribution in [0.1, 0.15) is 12.1 Å². The molecule has 0 saturated heterocycles. The molecule has 0 unspecified atom stereocenters. The summed E-state index contributed by atoms with van der Waals surface area (Å²) < 4.78 is 0. The zero-order valence-electron chi connectivity index (χ0n) is 10.1. The maximum Gasteiger partial charge on any atom is 0.0737 e. The summed E-state index contributed by atoms with van der Waals surface area (Å²) in [6, 6.07) is 10.6. The van der Waals surface area contributed by atoms with E-state index in [0.717, 1.165) is 25.2 Å². The van der Waals surface area contributed by atoms with E-state index in [1.165, 1.54) is 16.3 Å². The fourth-order valence-electron chi connectivity index (χ4n) is 2.36. The lowest BCUT2D eigenvalue weighted by atomic mass is 9.99. The van der Waals surface area contributed by atoms with E-state index in [4.69, 9.17) is 0 Å². The lowest BCUT2D eigenvalue weighted by Crippen LogP contribution is -2.23. The maximum absolute atomic E-state index is 4.57. The first-order valence-electron chi connectivity index (χ1n) is 6.06. The number of pyridine rings is 1. The second kappa shape index (κ2) is 4.30. The molecule has 1 aromatic heterocycles. The first kappa shape index (κ1) is 10.5. The van der Waals surface area contributed by atoms with Crippen molar-refractivity contribution in [3.8, 4) is 0 Å². The van der Waals surface area contributed by atoms with Crippen molar-refractivity contribution in [3.05, 3.63) is 48.3 Å². The van der Waals surface area contributed by atoms with Gasteiger partial charge in [-0.3, -0.25) is 4.98 Å². The number of likely N-dealkylation sites (N-methyl/N-ethyl adjacent to an activating group) is 1. The van der Waals surface area contributed by atoms with Gasteiger partial charge in [0, 0.05) is 24.7 Å². The van der Waals surface area contributed by atoms with E-state index in [2.05, 4.69) is 53.3 Å². The standard InChI is InChI=1S/C15H16N2/c1-17-10-7-13(8-11-17)15-14-5-3-2-4-12(14)6-9-16-15/h2-7,9H,8,10-11H2,1H3. The number of hydrogen-bond donors (Lipinski definition) is 0. The van der Waals surface area contributed by atoms with Crippen LogP contribution in [0.5, 0.6) is 0 Å². The van der Waals surface area contributed by atoms with E-state index >= 15 is 0 Å². The molecule has 2 nitrogen and oxygen atoms in total. The van der Waals surface area contributed by atoms with E-state index in [-0.39, 0.29) is 0 Å². The summed E-state index contributed by atoms with van der Waals surface area (Å²) >= 11 is 0. The SMILES string of the molecule is CN1CC=C(c2nccc3ccccc23)CC1. The highest BCUT2D eigenvalue weighted by Crippen LogP contribution is 2.26. The molecule has 0 fully saturated rings. The van der Waals surface area contributed by atoms with Crippen LogP contribution in [-0.4, -0.2) is 30.0 Å². The number of hydrogen-bond acceptors (Lipinski definition) is 2. The van der Waals surface area contributed by atoms with Gasteiger partial charge in [-0.15, -0.1) is 0 Å². The Morgan fingerprint density at radius 2 is 2.06 bits per heavy atom. The predicted octanol–water partition coefficient (Wildman–Crippen LogP) is 2.95. The molecule has 17 heavy (non-hydrogen) atoms. The molecule has 0 amide bonds. The third kappa shape index (κ3) is 1.96. The van der Waals surface area contributed by atoms with Crippen LogP contribution in [0.4, 0.5) is 0 Å². The maximum atomic E-state index is 4.57. The van der Waals surface area contributed by atoms with Gasteiger partial charge in [0.05, 0.1) is 5.69 Å². The van der Waals surface area contributed by atoms with Crippen LogP contribution < -0.4 is 0 Å². The van der Waals surface area contributed by atoms with Crippen molar-refractivity contribution in [1.29, 1.82) is 0 Å². The topological polar surface area (TPSA) is 16.1 Å². The van der Waals surface area contributed by atoms with Crippen molar-refractivity contribution < 1.29 is 0 Å². The molecule has 0 N–H and O–H groups in total. The quantitative estimate of drug-likeness (QED) is 0.740. The average Bonchev–Trinajstić information content (AvgIpc) is 2.39. The fourth-order valence-corrected chi connectivity index (χ4v) is 2.36. The number of benzene rings is 1. The van der Waals surface area contributed by atoms with Crippen LogP contribution >= 0.6 is 0 Å². The largest absolute Gasteiger partial charge is 0.302 e. The van der Waals surface area contributed by atoms with Gasteiger partial charge in [-0.05, 0) is 30.5 Å². The Bertz CT molecular complexity index is 567. The van der Waals surface area contributed by atoms with Gasteiger partial charge in [0.1, 0.15) is 0 Å². The van der Waals surface area contributed by atoms with Crippen molar-refractivity contribution in [2.75, 3.05) is 20.1 Å². The first-order chi connectivity index (χ1) is 8.34. The third-order valence-corrected chi connectivity index (χ3v) is 3.39. The van der Waals surface area contributed by atoms with E-state index in [0.29, 0.717) is 0 Å². The molecule has 1 aliphatic heterocycles. The number of fused-ring (bicyclic) bond motifs is 1. The van der Waals surface area contributed by atoms with Gasteiger partial charge in [0.2, 0.25) is 0 Å². The summed E-state index contributed by atoms with van der Waals surface area (Å²) in [5.41, 5.74) is 2.55. The van der Waals surface area contributed by atoms with Gasteiger partial charge in [-0.25, -0.2) is 0 Å². The van der Waals surface area contributed by atoms with Crippen LogP contribution in [0, 0.1) is 0 Å². The second-order valence-corrected chi connectivity index (χ2v) is 4.62. The zero-order chi connectivity index (χ0) is 11.7. The second-order valence-electron chi connectivity index (χ2n) is 4.62. The third-order valence-electron chi connectivity index (χ3n) is 3.39. The monoisotopic (exact) mass is 224 g/mol. The van der Waals surface area contributed by atoms with E-state index in [1.807, 2.05) is 6.20 Å². The Morgan fingerprint density at radius 3 is 2.88 bits per heavy atom. The van der Waals surface area contributed by atoms with Crippen molar-refractivity contribution >= 4 is 16.3 Å². The minimum Gasteiger partial charge on any atom is -0.302 e. The van der Waals surface area contributed by atoms with Gasteiger partial charge in [0.15, 0.2) is 0 Å². The van der Waals surface area contributed by atoms with Crippen LogP contribution in [0.25, 0.3) is 16.3 Å². The van der Waals surface area contributed by atoms with Crippen molar-refractivity contribution in [2.24, 2.45) is 0 Å². The fraction of sp³-hybridized carbons (Fsp3) is 0.267. The number of nitrogens with zero attached hydrogens (tertiary/aromatic N) is 2. The Morgan fingerprint density at radius 1 is 1.18 bits per heavy atom. The highest BCUT2D eigenvalue weighted by Gasteiger charge is 2.12. The molecule has 0 spiro atoms. The zero-order valence-corrected chi connectivity index (χ0v) is 10.1. The molecular weight excluding hydrogens is 208 g/mol. The summed E-state index contributed by atoms with van der Waals surface area (Å²) in [7, 11) is 2.16. The summed E-state index contributed by atoms with van der Waals surface area (Å²) in [4.78, 5) is 6.90. The Kier molecular flexibility index (Phi) is 2.65. The number of rotatable bonds is 1. The highest BCUT2D eigenvalue weighted by atomic mass is 15.1. The van der Waals surface area contributed by atoms with Crippen molar-refractivity contribution in [2.45, 2.75) is 6.42 Å². The molecule has 0 saturated carbocycles. The van der Waals surface area contributed by atoms with Gasteiger partial charge >= 0.3 is 0 Å². The van der Waals surface area contributed by atoms with Crippen molar-refractivity contribution in [1.82, 2.24) is 9.88 Å². The molecule has 1 aromatic carbocycles. The molecule has 0 atom stereocenters. The number of aromatic nitrogens is 1. The first-order valence-corrected chi connectivity index (χ1v) is 6.06. The molecule has 1 aliphatic rings. The van der Waals surface area contributed by atoms with E-state index in [1.54, 1.807) is 0 Å². The predicted molar refractivity (Wildman–Crippen MR) is 71.8 cm³/mol. The van der Waals surface area contributed by atoms with Crippen molar-refractivity contribution in [3.63, 3.8) is 0 Å². The molecule has 0 aliphatic carbocycles. The molecule has 2 heterocycles. The summed E-state index contributed by atoms with van der Waals surface area (Å²) in [6.45, 7) is 2.15. The van der Waals surface area contributed by atoms with Gasteiger partial charge in [-0.2, -0.15) is 0 Å². The summed E-state index contributed by atoms with van der Waals surface area (Å²) in [5, 5.41) is 2.54. The van der Waals surface area contributed by atoms with Crippen LogP contribution in [0.3, 0.4) is 0 Å². The summed E-state index contributed by atoms with van der Waals surface area (Å²) in [6.07, 6.45) is 5.31. The minimum absolute atomic E-state index is 1.03. The lowest BCUT2D eigenvalue weighted by molar-refractivity contribution is 0.370. The summed E-state index contributed by atoms with van der Waals surface area (Å²) in [5.74, 6) is 0. The van der Waals surface area contributed by atoms with E-state index < -0.39 is 0 Å². The van der Waals surface area contributed by atoms with Gasteiger partial charge in [0.25, 0.3) is 0 Å². The molecule has 3 rings (SSSR count). The Labute approximate surface area is 102 Å². The molecule has 0 bridgehead atoms. The molecule has 86 valence electrons. The smallest absolute Gasteiger partial charge is 0.0737 e. The minimum atomic E-state index is 1.03. The molecule has 2 heteroatoms. The average molecular weight is 224 g/mol. The Balaban J connectivity index is 2.11. The molecule has 0 radical (unpaired) electrons. The lowest BCUT2D eigenvalue weighted by Gasteiger charge is -2.22. The normalized spacial score (nSPS) is 17.1. The molecule has 2 aromatic rings.